The van der Waals surface area contributed by atoms with Gasteiger partial charge in [-0.15, -0.1) is 0 Å². The Kier molecular flexibility index (Phi) is 9.80. The fourth-order valence-electron chi connectivity index (χ4n) is 3.26. The zero-order chi connectivity index (χ0) is 28.1. The van der Waals surface area contributed by atoms with Crippen LogP contribution in [-0.2, 0) is 14.9 Å². The first-order valence-electron chi connectivity index (χ1n) is 10.9. The molecule has 0 saturated carbocycles. The molecule has 0 radical (unpaired) electrons. The summed E-state index contributed by atoms with van der Waals surface area (Å²) in [4.78, 5) is 24.6. The zero-order valence-corrected chi connectivity index (χ0v) is 20.8. The van der Waals surface area contributed by atoms with Crippen molar-refractivity contribution in [3.8, 4) is 11.3 Å². The van der Waals surface area contributed by atoms with E-state index in [2.05, 4.69) is 5.32 Å². The third-order valence-electron chi connectivity index (χ3n) is 5.13. The fraction of sp³-hybridized carbons (Fsp3) is 0.304. The molecule has 1 aromatic heterocycles. The van der Waals surface area contributed by atoms with Crippen molar-refractivity contribution in [1.82, 2.24) is 0 Å². The predicted octanol–water partition coefficient (Wildman–Crippen LogP) is 2.67. The molecule has 0 aliphatic carbocycles. The van der Waals surface area contributed by atoms with E-state index < -0.39 is 67.2 Å². The summed E-state index contributed by atoms with van der Waals surface area (Å²) in [6.07, 6.45) is 2.50. The number of anilines is 2. The average Bonchev–Trinajstić information content (AvgIpc) is 2.81. The monoisotopic (exact) mass is 544 g/mol. The molecule has 14 heteroatoms. The minimum absolute atomic E-state index is 0.103. The number of hydrogen-bond acceptors (Lipinski definition) is 8. The van der Waals surface area contributed by atoms with E-state index in [0.717, 1.165) is 25.5 Å². The largest absolute Gasteiger partial charge is 0.453 e. The Labute approximate surface area is 210 Å². The maximum absolute atomic E-state index is 14.6. The summed E-state index contributed by atoms with van der Waals surface area (Å²) in [6, 6.07) is 3.79. The Morgan fingerprint density at radius 1 is 1.16 bits per heavy atom. The quantitative estimate of drug-likeness (QED) is 0.169. The molecule has 0 aliphatic rings. The second-order valence-electron chi connectivity index (χ2n) is 8.15. The average molecular weight is 545 g/mol. The molecule has 1 amide bonds. The van der Waals surface area contributed by atoms with Gasteiger partial charge in [0.1, 0.15) is 11.6 Å². The van der Waals surface area contributed by atoms with Crippen LogP contribution >= 0.6 is 0 Å². The van der Waals surface area contributed by atoms with Gasteiger partial charge in [0.25, 0.3) is 10.1 Å². The van der Waals surface area contributed by atoms with Crippen molar-refractivity contribution in [2.75, 3.05) is 23.9 Å². The predicted molar refractivity (Wildman–Crippen MR) is 134 cm³/mol. The zero-order valence-electron chi connectivity index (χ0n) is 20.0. The minimum atomic E-state index is -3.67. The first-order chi connectivity index (χ1) is 17.1. The Balaban J connectivity index is 0.000000877. The number of carbonyl (C=O) groups excluding carboxylic acids is 1. The van der Waals surface area contributed by atoms with E-state index in [1.807, 2.05) is 0 Å². The molecule has 10 nitrogen and oxygen atoms in total. The SMILES string of the molecule is CS(=O)(=O)O.Cc1c(F)c(N)c2c(=O)cc(-c3ccc(NC(=O)[C@@H](N)CCCCN)c(F)c3)oc2c1F. The van der Waals surface area contributed by atoms with Crippen LogP contribution in [-0.4, -0.2) is 37.7 Å². The van der Waals surface area contributed by atoms with E-state index in [0.29, 0.717) is 25.6 Å². The van der Waals surface area contributed by atoms with Crippen molar-refractivity contribution in [2.24, 2.45) is 11.5 Å². The number of halogens is 3. The molecule has 1 heterocycles. The van der Waals surface area contributed by atoms with E-state index >= 15 is 0 Å². The van der Waals surface area contributed by atoms with E-state index in [1.54, 1.807) is 0 Å². The number of unbranched alkanes of at least 4 members (excludes halogenated alkanes) is 1. The first-order valence-corrected chi connectivity index (χ1v) is 12.7. The lowest BCUT2D eigenvalue weighted by Crippen LogP contribution is -2.35. The Bertz CT molecular complexity index is 1470. The molecule has 202 valence electrons. The van der Waals surface area contributed by atoms with Gasteiger partial charge in [-0.05, 0) is 44.5 Å². The van der Waals surface area contributed by atoms with Crippen molar-refractivity contribution in [3.05, 3.63) is 57.5 Å². The van der Waals surface area contributed by atoms with Crippen molar-refractivity contribution in [1.29, 1.82) is 0 Å². The summed E-state index contributed by atoms with van der Waals surface area (Å²) in [5.74, 6) is -3.63. The second-order valence-corrected chi connectivity index (χ2v) is 9.62. The molecular weight excluding hydrogens is 517 g/mol. The fourth-order valence-corrected chi connectivity index (χ4v) is 3.26. The van der Waals surface area contributed by atoms with Crippen molar-refractivity contribution in [2.45, 2.75) is 32.2 Å². The molecule has 8 N–H and O–H groups in total. The topological polar surface area (TPSA) is 192 Å². The smallest absolute Gasteiger partial charge is 0.261 e. The summed E-state index contributed by atoms with van der Waals surface area (Å²) < 4.78 is 74.5. The van der Waals surface area contributed by atoms with Gasteiger partial charge in [-0.3, -0.25) is 14.1 Å². The molecule has 0 aliphatic heterocycles. The summed E-state index contributed by atoms with van der Waals surface area (Å²) >= 11 is 0. The molecule has 0 bridgehead atoms. The molecule has 3 aromatic rings. The van der Waals surface area contributed by atoms with Crippen molar-refractivity contribution < 1.29 is 35.4 Å². The van der Waals surface area contributed by atoms with Crippen LogP contribution in [0.25, 0.3) is 22.3 Å². The van der Waals surface area contributed by atoms with Gasteiger partial charge in [0.05, 0.1) is 29.1 Å². The molecule has 0 saturated heterocycles. The summed E-state index contributed by atoms with van der Waals surface area (Å²) in [6.45, 7) is 1.64. The van der Waals surface area contributed by atoms with Crippen LogP contribution in [0.3, 0.4) is 0 Å². The number of nitrogens with two attached hydrogens (primary N) is 3. The molecule has 0 fully saturated rings. The molecule has 2 aromatic carbocycles. The highest BCUT2D eigenvalue weighted by molar-refractivity contribution is 7.85. The highest BCUT2D eigenvalue weighted by Crippen LogP contribution is 2.32. The van der Waals surface area contributed by atoms with Gasteiger partial charge >= 0.3 is 0 Å². The maximum atomic E-state index is 14.6. The van der Waals surface area contributed by atoms with Gasteiger partial charge in [0.15, 0.2) is 22.6 Å². The molecular formula is C23H27F3N4O6S. The number of carbonyl (C=O) groups is 1. The Hall–Kier alpha value is -3.46. The number of rotatable bonds is 7. The van der Waals surface area contributed by atoms with Crippen LogP contribution in [0.1, 0.15) is 24.8 Å². The van der Waals surface area contributed by atoms with E-state index in [1.165, 1.54) is 12.1 Å². The van der Waals surface area contributed by atoms with Crippen LogP contribution in [0.2, 0.25) is 0 Å². The van der Waals surface area contributed by atoms with E-state index in [-0.39, 0.29) is 17.0 Å². The van der Waals surface area contributed by atoms with Crippen LogP contribution < -0.4 is 27.9 Å². The number of nitrogens with one attached hydrogen (secondary N) is 1. The lowest BCUT2D eigenvalue weighted by atomic mass is 10.1. The minimum Gasteiger partial charge on any atom is -0.453 e. The molecule has 0 spiro atoms. The molecule has 3 rings (SSSR count). The van der Waals surface area contributed by atoms with E-state index in [4.69, 9.17) is 26.2 Å². The summed E-state index contributed by atoms with van der Waals surface area (Å²) in [5, 5.41) is 1.98. The van der Waals surface area contributed by atoms with Gasteiger partial charge in [-0.1, -0.05) is 6.42 Å². The van der Waals surface area contributed by atoms with Gasteiger partial charge in [0, 0.05) is 17.2 Å². The molecule has 1 atom stereocenters. The van der Waals surface area contributed by atoms with Crippen LogP contribution in [0.4, 0.5) is 24.5 Å². The number of benzene rings is 2. The van der Waals surface area contributed by atoms with Crippen molar-refractivity contribution in [3.63, 3.8) is 0 Å². The standard InChI is InChI=1S/C22H23F3N4O3.CH4O3S/c1-10-18(24)20(28)17-15(30)9-16(32-21(17)19(10)25)11-5-6-14(12(23)8-11)29-22(31)13(27)4-2-3-7-26;1-5(2,3)4/h5-6,8-9,13H,2-4,7,26-28H2,1H3,(H,29,31);1H3,(H,2,3,4)/t13-;/m0./s1. The second kappa shape index (κ2) is 12.2. The highest BCUT2D eigenvalue weighted by Gasteiger charge is 2.21. The third kappa shape index (κ3) is 7.76. The number of amides is 1. The number of nitrogen functional groups attached to an aromatic ring is 1. The van der Waals surface area contributed by atoms with Gasteiger partial charge < -0.3 is 26.9 Å². The van der Waals surface area contributed by atoms with Gasteiger partial charge in [-0.2, -0.15) is 8.42 Å². The Morgan fingerprint density at radius 2 is 1.78 bits per heavy atom. The third-order valence-corrected chi connectivity index (χ3v) is 5.13. The van der Waals surface area contributed by atoms with Crippen LogP contribution in [0.15, 0.2) is 33.5 Å². The van der Waals surface area contributed by atoms with Crippen LogP contribution in [0, 0.1) is 24.4 Å². The number of hydrogen-bond donors (Lipinski definition) is 5. The van der Waals surface area contributed by atoms with Gasteiger partial charge in [-0.25, -0.2) is 13.2 Å². The highest BCUT2D eigenvalue weighted by atomic mass is 32.2. The van der Waals surface area contributed by atoms with Crippen molar-refractivity contribution >= 4 is 38.4 Å². The lowest BCUT2D eigenvalue weighted by molar-refractivity contribution is -0.117. The van der Waals surface area contributed by atoms with Crippen LogP contribution in [0.5, 0.6) is 0 Å². The Morgan fingerprint density at radius 3 is 2.35 bits per heavy atom. The van der Waals surface area contributed by atoms with Gasteiger partial charge in [0.2, 0.25) is 5.91 Å². The van der Waals surface area contributed by atoms with E-state index in [9.17, 15) is 31.2 Å². The summed E-state index contributed by atoms with van der Waals surface area (Å²) in [5.41, 5.74) is 14.6. The maximum Gasteiger partial charge on any atom is 0.261 e. The summed E-state index contributed by atoms with van der Waals surface area (Å²) in [7, 11) is -3.67. The normalized spacial score (nSPS) is 12.1. The number of fused-ring (bicyclic) bond motifs is 1. The molecule has 0 unspecified atom stereocenters. The first kappa shape index (κ1) is 29.8. The lowest BCUT2D eigenvalue weighted by Gasteiger charge is -2.13. The molecule has 37 heavy (non-hydrogen) atoms.